The van der Waals surface area contributed by atoms with Gasteiger partial charge in [-0.25, -0.2) is 0 Å². The van der Waals surface area contributed by atoms with Gasteiger partial charge in [0.25, 0.3) is 0 Å². The Labute approximate surface area is 107 Å². The molecule has 2 aliphatic heterocycles. The van der Waals surface area contributed by atoms with Crippen molar-refractivity contribution in [1.82, 2.24) is 10.1 Å². The molecule has 2 fully saturated rings. The number of nitrogens with zero attached hydrogens (tertiary/aromatic N) is 2. The number of ether oxygens (including phenoxy) is 1. The molecular formula is C13H21N3O2. The van der Waals surface area contributed by atoms with Crippen LogP contribution in [0.15, 0.2) is 4.52 Å². The Bertz CT molecular complexity index is 418. The van der Waals surface area contributed by atoms with Crippen LogP contribution in [0.1, 0.15) is 50.7 Å². The molecule has 0 spiro atoms. The summed E-state index contributed by atoms with van der Waals surface area (Å²) in [7, 11) is 0. The lowest BCUT2D eigenvalue weighted by molar-refractivity contribution is 0.0996. The van der Waals surface area contributed by atoms with Crippen LogP contribution in [-0.4, -0.2) is 28.4 Å². The van der Waals surface area contributed by atoms with Crippen LogP contribution in [0.5, 0.6) is 0 Å². The van der Waals surface area contributed by atoms with Gasteiger partial charge in [0, 0.05) is 12.5 Å². The van der Waals surface area contributed by atoms with Gasteiger partial charge in [0.05, 0.1) is 18.1 Å². The number of aromatic nitrogens is 2. The third kappa shape index (κ3) is 2.17. The quantitative estimate of drug-likeness (QED) is 0.880. The van der Waals surface area contributed by atoms with Crippen molar-refractivity contribution < 1.29 is 9.26 Å². The van der Waals surface area contributed by atoms with Crippen LogP contribution in [-0.2, 0) is 11.2 Å². The summed E-state index contributed by atoms with van der Waals surface area (Å²) in [5.74, 6) is 2.23. The smallest absolute Gasteiger partial charge is 0.228 e. The lowest BCUT2D eigenvalue weighted by Gasteiger charge is -2.14. The molecule has 3 heterocycles. The monoisotopic (exact) mass is 251 g/mol. The Kier molecular flexibility index (Phi) is 3.11. The van der Waals surface area contributed by atoms with Crippen LogP contribution in [0.25, 0.3) is 0 Å². The van der Waals surface area contributed by atoms with E-state index < -0.39 is 0 Å². The van der Waals surface area contributed by atoms with Crippen LogP contribution in [0, 0.1) is 5.92 Å². The standard InChI is InChI=1S/C13H21N3O2/c1-7(2)10(14)6-12-15-13(16-18-12)9-5-8-3-4-11(9)17-8/h7-11H,3-6,14H2,1-2H3. The zero-order chi connectivity index (χ0) is 12.7. The molecule has 0 radical (unpaired) electrons. The van der Waals surface area contributed by atoms with Gasteiger partial charge in [0.15, 0.2) is 5.82 Å². The summed E-state index contributed by atoms with van der Waals surface area (Å²) in [6.45, 7) is 4.21. The molecule has 3 rings (SSSR count). The first-order valence-corrected chi connectivity index (χ1v) is 6.87. The van der Waals surface area contributed by atoms with Crippen molar-refractivity contribution in [2.45, 2.75) is 63.7 Å². The fourth-order valence-corrected chi connectivity index (χ4v) is 2.85. The van der Waals surface area contributed by atoms with Gasteiger partial charge in [-0.1, -0.05) is 19.0 Å². The van der Waals surface area contributed by atoms with Crippen molar-refractivity contribution in [3.8, 4) is 0 Å². The van der Waals surface area contributed by atoms with Crippen LogP contribution in [0.2, 0.25) is 0 Å². The second kappa shape index (κ2) is 4.63. The van der Waals surface area contributed by atoms with Gasteiger partial charge in [-0.15, -0.1) is 0 Å². The van der Waals surface area contributed by atoms with E-state index in [1.807, 2.05) is 0 Å². The molecule has 0 aromatic carbocycles. The van der Waals surface area contributed by atoms with Crippen LogP contribution >= 0.6 is 0 Å². The molecule has 18 heavy (non-hydrogen) atoms. The Morgan fingerprint density at radius 2 is 2.22 bits per heavy atom. The van der Waals surface area contributed by atoms with E-state index in [-0.39, 0.29) is 6.04 Å². The number of nitrogens with two attached hydrogens (primary N) is 1. The molecule has 5 heteroatoms. The van der Waals surface area contributed by atoms with E-state index in [0.29, 0.717) is 36.4 Å². The number of hydrogen-bond donors (Lipinski definition) is 1. The van der Waals surface area contributed by atoms with Crippen molar-refractivity contribution in [3.63, 3.8) is 0 Å². The topological polar surface area (TPSA) is 74.2 Å². The summed E-state index contributed by atoms with van der Waals surface area (Å²) in [4.78, 5) is 4.50. The first-order valence-electron chi connectivity index (χ1n) is 6.87. The Balaban J connectivity index is 1.66. The minimum Gasteiger partial charge on any atom is -0.374 e. The SMILES string of the molecule is CC(C)C(N)Cc1nc(C2CC3CCC2O3)no1. The molecule has 100 valence electrons. The van der Waals surface area contributed by atoms with Crippen LogP contribution in [0.3, 0.4) is 0 Å². The highest BCUT2D eigenvalue weighted by Crippen LogP contribution is 2.43. The van der Waals surface area contributed by atoms with Gasteiger partial charge in [-0.3, -0.25) is 0 Å². The van der Waals surface area contributed by atoms with E-state index in [1.165, 1.54) is 6.42 Å². The molecular weight excluding hydrogens is 230 g/mol. The third-order valence-corrected chi connectivity index (χ3v) is 4.19. The lowest BCUT2D eigenvalue weighted by atomic mass is 9.89. The van der Waals surface area contributed by atoms with Gasteiger partial charge >= 0.3 is 0 Å². The highest BCUT2D eigenvalue weighted by molar-refractivity contribution is 5.07. The van der Waals surface area contributed by atoms with Gasteiger partial charge in [0.1, 0.15) is 0 Å². The summed E-state index contributed by atoms with van der Waals surface area (Å²) in [6, 6.07) is 0.0783. The molecule has 5 nitrogen and oxygen atoms in total. The van der Waals surface area contributed by atoms with Crippen molar-refractivity contribution in [2.24, 2.45) is 11.7 Å². The predicted octanol–water partition coefficient (Wildman–Crippen LogP) is 1.63. The highest BCUT2D eigenvalue weighted by Gasteiger charge is 2.43. The van der Waals surface area contributed by atoms with E-state index in [9.17, 15) is 0 Å². The maximum Gasteiger partial charge on any atom is 0.228 e. The van der Waals surface area contributed by atoms with Crippen molar-refractivity contribution in [3.05, 3.63) is 11.7 Å². The molecule has 4 unspecified atom stereocenters. The van der Waals surface area contributed by atoms with Crippen LogP contribution in [0.4, 0.5) is 0 Å². The lowest BCUT2D eigenvalue weighted by Crippen LogP contribution is -2.28. The van der Waals surface area contributed by atoms with E-state index in [1.54, 1.807) is 0 Å². The minimum atomic E-state index is 0.0783. The summed E-state index contributed by atoms with van der Waals surface area (Å²) < 4.78 is 11.1. The molecule has 1 aromatic rings. The number of fused-ring (bicyclic) bond motifs is 2. The van der Waals surface area contributed by atoms with E-state index in [2.05, 4.69) is 24.0 Å². The van der Waals surface area contributed by atoms with Crippen molar-refractivity contribution >= 4 is 0 Å². The normalized spacial score (nSPS) is 32.3. The van der Waals surface area contributed by atoms with E-state index in [4.69, 9.17) is 15.0 Å². The Morgan fingerprint density at radius 3 is 2.83 bits per heavy atom. The summed E-state index contributed by atoms with van der Waals surface area (Å²) >= 11 is 0. The zero-order valence-corrected chi connectivity index (χ0v) is 11.0. The summed E-state index contributed by atoms with van der Waals surface area (Å²) in [5, 5.41) is 4.11. The molecule has 0 aliphatic carbocycles. The van der Waals surface area contributed by atoms with Crippen molar-refractivity contribution in [2.75, 3.05) is 0 Å². The van der Waals surface area contributed by atoms with Gasteiger partial charge in [0.2, 0.25) is 5.89 Å². The fourth-order valence-electron chi connectivity index (χ4n) is 2.85. The Hall–Kier alpha value is -0.940. The average Bonchev–Trinajstić information content (AvgIpc) is 3.03. The van der Waals surface area contributed by atoms with E-state index >= 15 is 0 Å². The molecule has 2 bridgehead atoms. The maximum atomic E-state index is 6.02. The zero-order valence-electron chi connectivity index (χ0n) is 11.0. The predicted molar refractivity (Wildman–Crippen MR) is 66.1 cm³/mol. The first-order chi connectivity index (χ1) is 8.63. The van der Waals surface area contributed by atoms with Gasteiger partial charge in [-0.2, -0.15) is 4.98 Å². The average molecular weight is 251 g/mol. The molecule has 4 atom stereocenters. The molecule has 0 amide bonds. The Morgan fingerprint density at radius 1 is 1.39 bits per heavy atom. The van der Waals surface area contributed by atoms with Gasteiger partial charge in [-0.05, 0) is 25.2 Å². The largest absolute Gasteiger partial charge is 0.374 e. The van der Waals surface area contributed by atoms with Crippen LogP contribution < -0.4 is 5.73 Å². The van der Waals surface area contributed by atoms with Gasteiger partial charge < -0.3 is 15.0 Å². The summed E-state index contributed by atoms with van der Waals surface area (Å²) in [5.41, 5.74) is 6.02. The second-order valence-electron chi connectivity index (χ2n) is 5.87. The highest BCUT2D eigenvalue weighted by atomic mass is 16.5. The molecule has 1 aromatic heterocycles. The summed E-state index contributed by atoms with van der Waals surface area (Å²) in [6.07, 6.45) is 4.74. The van der Waals surface area contributed by atoms with Crippen molar-refractivity contribution in [1.29, 1.82) is 0 Å². The molecule has 0 saturated carbocycles. The molecule has 2 saturated heterocycles. The van der Waals surface area contributed by atoms with E-state index in [0.717, 1.165) is 18.7 Å². The second-order valence-corrected chi connectivity index (χ2v) is 5.87. The minimum absolute atomic E-state index is 0.0783. The number of hydrogen-bond acceptors (Lipinski definition) is 5. The maximum absolute atomic E-state index is 6.02. The third-order valence-electron chi connectivity index (χ3n) is 4.19. The first kappa shape index (κ1) is 12.1. The fraction of sp³-hybridized carbons (Fsp3) is 0.846. The molecule has 2 aliphatic rings. The molecule has 2 N–H and O–H groups in total. The number of rotatable bonds is 4.